The lowest BCUT2D eigenvalue weighted by Gasteiger charge is -2.47. The van der Waals surface area contributed by atoms with Crippen LogP contribution in [0.3, 0.4) is 0 Å². The van der Waals surface area contributed by atoms with Crippen LogP contribution >= 0.6 is 39.3 Å². The maximum Gasteiger partial charge on any atom is 0.234 e. The number of anilines is 2. The van der Waals surface area contributed by atoms with Gasteiger partial charge in [0.2, 0.25) is 4.99 Å². The van der Waals surface area contributed by atoms with Gasteiger partial charge in [0.15, 0.2) is 10.8 Å². The molecule has 8 heteroatoms. The Balaban J connectivity index is 1.66. The maximum absolute atomic E-state index is 12.7. The van der Waals surface area contributed by atoms with Gasteiger partial charge in [0.05, 0.1) is 17.1 Å². The van der Waals surface area contributed by atoms with Gasteiger partial charge in [-0.1, -0.05) is 82.1 Å². The summed E-state index contributed by atoms with van der Waals surface area (Å²) < 4.78 is 0.958. The van der Waals surface area contributed by atoms with Crippen molar-refractivity contribution >= 4 is 67.2 Å². The number of Topliss-reactive ketones (excluding diaryl/α,β-unsaturated/α-hetero) is 1. The number of thioether (sulfide) groups is 1. The monoisotopic (exact) mass is 586 g/mol. The highest BCUT2D eigenvalue weighted by Crippen LogP contribution is 2.55. The van der Waals surface area contributed by atoms with E-state index < -0.39 is 4.99 Å². The summed E-state index contributed by atoms with van der Waals surface area (Å²) in [5, 5.41) is 15.1. The lowest BCUT2D eigenvalue weighted by Crippen LogP contribution is -2.54. The summed E-state index contributed by atoms with van der Waals surface area (Å²) in [5.41, 5.74) is 5.41. The fourth-order valence-corrected chi connectivity index (χ4v) is 6.23. The molecule has 0 fully saturated rings. The van der Waals surface area contributed by atoms with Gasteiger partial charge in [0, 0.05) is 33.1 Å². The van der Waals surface area contributed by atoms with E-state index in [0.29, 0.717) is 10.1 Å². The quantitative estimate of drug-likeness (QED) is 0.246. The first-order valence-electron chi connectivity index (χ1n) is 11.6. The third-order valence-electron chi connectivity index (χ3n) is 6.23. The Morgan fingerprint density at radius 3 is 2.14 bits per heavy atom. The largest absolute Gasteiger partial charge is 0.292 e. The molecule has 2 aliphatic heterocycles. The minimum Gasteiger partial charge on any atom is -0.292 e. The molecule has 0 bridgehead atoms. The van der Waals surface area contributed by atoms with Crippen molar-refractivity contribution < 1.29 is 4.79 Å². The molecular weight excluding hydrogens is 568 g/mol. The fourth-order valence-electron chi connectivity index (χ4n) is 4.55. The number of hydrogen-bond donors (Lipinski definition) is 0. The standard InChI is InChI=1S/C29H20BrClN4OS/c1-19(36)28-33-35(24-17-13-21(30)14-18-24)29(37-28)26-10-6-5-9-25(26)27(20-11-15-22(31)16-12-20)32-34(29)23-7-3-2-4-8-23/h2-18H,1H3/t29-/m1/s1. The minimum absolute atomic E-state index is 0.0954. The van der Waals surface area contributed by atoms with Crippen LogP contribution in [0.5, 0.6) is 0 Å². The van der Waals surface area contributed by atoms with Gasteiger partial charge in [-0.15, -0.1) is 0 Å². The lowest BCUT2D eigenvalue weighted by molar-refractivity contribution is -0.110. The number of hydrazone groups is 2. The van der Waals surface area contributed by atoms with E-state index in [0.717, 1.165) is 38.2 Å². The molecule has 2 aliphatic rings. The Bertz CT molecular complexity index is 1560. The average Bonchev–Trinajstić information content (AvgIpc) is 3.32. The second kappa shape index (κ2) is 9.49. The molecule has 5 nitrogen and oxygen atoms in total. The molecule has 1 atom stereocenters. The topological polar surface area (TPSA) is 48.3 Å². The lowest BCUT2D eigenvalue weighted by atomic mass is 9.93. The Morgan fingerprint density at radius 1 is 0.811 bits per heavy atom. The number of para-hydroxylation sites is 1. The number of benzene rings is 4. The molecule has 37 heavy (non-hydrogen) atoms. The number of fused-ring (bicyclic) bond motifs is 2. The molecule has 0 N–H and O–H groups in total. The molecule has 182 valence electrons. The molecule has 0 saturated heterocycles. The molecule has 0 unspecified atom stereocenters. The summed E-state index contributed by atoms with van der Waals surface area (Å²) in [5.74, 6) is -0.0954. The molecular formula is C29H20BrClN4OS. The van der Waals surface area contributed by atoms with Gasteiger partial charge in [0.1, 0.15) is 0 Å². The molecule has 0 aromatic heterocycles. The summed E-state index contributed by atoms with van der Waals surface area (Å²) in [6.07, 6.45) is 0. The van der Waals surface area contributed by atoms with Gasteiger partial charge in [-0.2, -0.15) is 10.2 Å². The molecule has 2 heterocycles. The van der Waals surface area contributed by atoms with E-state index in [9.17, 15) is 4.79 Å². The van der Waals surface area contributed by atoms with Gasteiger partial charge in [0.25, 0.3) is 0 Å². The second-order valence-corrected chi connectivity index (χ2v) is 11.1. The highest BCUT2D eigenvalue weighted by Gasteiger charge is 2.55. The van der Waals surface area contributed by atoms with E-state index in [4.69, 9.17) is 21.8 Å². The first-order valence-corrected chi connectivity index (χ1v) is 13.6. The SMILES string of the molecule is CC(=O)C1=NN(c2ccc(Br)cc2)[C@@]2(S1)c1ccccc1C(c1ccc(Cl)cc1)=NN2c1ccccc1. The predicted molar refractivity (Wildman–Crippen MR) is 156 cm³/mol. The fraction of sp³-hybridized carbons (Fsp3) is 0.0690. The molecule has 0 saturated carbocycles. The van der Waals surface area contributed by atoms with Crippen LogP contribution in [0.25, 0.3) is 0 Å². The van der Waals surface area contributed by atoms with E-state index in [-0.39, 0.29) is 5.78 Å². The van der Waals surface area contributed by atoms with Crippen molar-refractivity contribution in [1.82, 2.24) is 0 Å². The summed E-state index contributed by atoms with van der Waals surface area (Å²) >= 11 is 11.1. The van der Waals surface area contributed by atoms with Crippen LogP contribution in [0.2, 0.25) is 5.02 Å². The number of carbonyl (C=O) groups excluding carboxylic acids is 1. The number of rotatable bonds is 4. The van der Waals surface area contributed by atoms with Crippen molar-refractivity contribution in [2.45, 2.75) is 11.9 Å². The van der Waals surface area contributed by atoms with Crippen molar-refractivity contribution in [2.24, 2.45) is 10.2 Å². The van der Waals surface area contributed by atoms with Gasteiger partial charge >= 0.3 is 0 Å². The van der Waals surface area contributed by atoms with Crippen molar-refractivity contribution in [3.8, 4) is 0 Å². The number of ketones is 1. The van der Waals surface area contributed by atoms with Crippen LogP contribution in [0.1, 0.15) is 23.6 Å². The van der Waals surface area contributed by atoms with Crippen LogP contribution in [-0.2, 0) is 9.79 Å². The zero-order valence-electron chi connectivity index (χ0n) is 19.7. The van der Waals surface area contributed by atoms with Crippen LogP contribution in [0, 0.1) is 0 Å². The van der Waals surface area contributed by atoms with Crippen molar-refractivity contribution in [3.05, 3.63) is 129 Å². The number of carbonyl (C=O) groups is 1. The van der Waals surface area contributed by atoms with Gasteiger partial charge in [-0.25, -0.2) is 10.0 Å². The molecule has 4 aromatic rings. The summed E-state index contributed by atoms with van der Waals surface area (Å²) in [6, 6.07) is 33.8. The minimum atomic E-state index is -0.970. The highest BCUT2D eigenvalue weighted by molar-refractivity contribution is 9.10. The third-order valence-corrected chi connectivity index (χ3v) is 8.42. The second-order valence-electron chi connectivity index (χ2n) is 8.61. The number of nitrogens with zero attached hydrogens (tertiary/aromatic N) is 4. The van der Waals surface area contributed by atoms with Crippen molar-refractivity contribution in [3.63, 3.8) is 0 Å². The van der Waals surface area contributed by atoms with Crippen molar-refractivity contribution in [1.29, 1.82) is 0 Å². The van der Waals surface area contributed by atoms with Crippen LogP contribution in [-0.4, -0.2) is 16.5 Å². The van der Waals surface area contributed by atoms with Crippen LogP contribution < -0.4 is 10.0 Å². The van der Waals surface area contributed by atoms with E-state index in [1.807, 2.05) is 101 Å². The normalized spacial score (nSPS) is 18.5. The van der Waals surface area contributed by atoms with Crippen molar-refractivity contribution in [2.75, 3.05) is 10.0 Å². The Labute approximate surface area is 232 Å². The molecule has 0 radical (unpaired) electrons. The zero-order valence-corrected chi connectivity index (χ0v) is 22.8. The smallest absolute Gasteiger partial charge is 0.234 e. The van der Waals surface area contributed by atoms with Crippen LogP contribution in [0.4, 0.5) is 11.4 Å². The third kappa shape index (κ3) is 4.07. The summed E-state index contributed by atoms with van der Waals surface area (Å²) in [4.78, 5) is 11.8. The summed E-state index contributed by atoms with van der Waals surface area (Å²) in [7, 11) is 0. The highest BCUT2D eigenvalue weighted by atomic mass is 79.9. The van der Waals surface area contributed by atoms with Gasteiger partial charge < -0.3 is 0 Å². The number of hydrogen-bond acceptors (Lipinski definition) is 6. The van der Waals surface area contributed by atoms with Gasteiger partial charge in [-0.3, -0.25) is 4.79 Å². The molecule has 1 spiro atoms. The van der Waals surface area contributed by atoms with Crippen LogP contribution in [0.15, 0.2) is 118 Å². The Hall–Kier alpha value is -3.39. The van der Waals surface area contributed by atoms with E-state index >= 15 is 0 Å². The zero-order chi connectivity index (χ0) is 25.6. The Kier molecular flexibility index (Phi) is 6.15. The molecule has 4 aromatic carbocycles. The molecule has 0 amide bonds. The first-order chi connectivity index (χ1) is 18.0. The van der Waals surface area contributed by atoms with E-state index in [1.165, 1.54) is 11.8 Å². The Morgan fingerprint density at radius 2 is 1.43 bits per heavy atom. The number of halogens is 2. The van der Waals surface area contributed by atoms with Gasteiger partial charge in [-0.05, 0) is 60.3 Å². The maximum atomic E-state index is 12.7. The van der Waals surface area contributed by atoms with E-state index in [1.54, 1.807) is 6.92 Å². The predicted octanol–water partition coefficient (Wildman–Crippen LogP) is 7.64. The average molecular weight is 588 g/mol. The first kappa shape index (κ1) is 24.0. The van der Waals surface area contributed by atoms with E-state index in [2.05, 4.69) is 28.1 Å². The summed E-state index contributed by atoms with van der Waals surface area (Å²) in [6.45, 7) is 1.55. The molecule has 0 aliphatic carbocycles. The molecule has 6 rings (SSSR count).